The van der Waals surface area contributed by atoms with E-state index >= 15 is 0 Å². The first-order valence-corrected chi connectivity index (χ1v) is 7.42. The SMILES string of the molecule is O=Cc1c(N(CC2CC2)C2CC2)nc2sccn12. The van der Waals surface area contributed by atoms with E-state index in [1.807, 2.05) is 16.0 Å². The summed E-state index contributed by atoms with van der Waals surface area (Å²) in [6.07, 6.45) is 8.04. The highest BCUT2D eigenvalue weighted by atomic mass is 32.1. The van der Waals surface area contributed by atoms with Crippen LogP contribution >= 0.6 is 11.3 Å². The van der Waals surface area contributed by atoms with Crippen LogP contribution in [0.3, 0.4) is 0 Å². The number of anilines is 1. The maximum absolute atomic E-state index is 11.4. The summed E-state index contributed by atoms with van der Waals surface area (Å²) in [6, 6.07) is 0.619. The maximum atomic E-state index is 11.4. The van der Waals surface area contributed by atoms with Gasteiger partial charge in [-0.1, -0.05) is 0 Å². The van der Waals surface area contributed by atoms with Gasteiger partial charge >= 0.3 is 0 Å². The summed E-state index contributed by atoms with van der Waals surface area (Å²) >= 11 is 1.59. The molecule has 0 aromatic carbocycles. The molecule has 18 heavy (non-hydrogen) atoms. The van der Waals surface area contributed by atoms with Gasteiger partial charge in [0.2, 0.25) is 0 Å². The molecule has 0 bridgehead atoms. The van der Waals surface area contributed by atoms with Crippen LogP contribution < -0.4 is 4.90 Å². The van der Waals surface area contributed by atoms with Gasteiger partial charge in [-0.3, -0.25) is 9.20 Å². The Bertz CT molecular complexity index is 594. The molecule has 0 atom stereocenters. The van der Waals surface area contributed by atoms with Crippen LogP contribution in [0.2, 0.25) is 0 Å². The van der Waals surface area contributed by atoms with E-state index < -0.39 is 0 Å². The third-order valence-electron chi connectivity index (χ3n) is 3.80. The molecule has 0 unspecified atom stereocenters. The Hall–Kier alpha value is -1.36. The lowest BCUT2D eigenvalue weighted by Gasteiger charge is -2.22. The maximum Gasteiger partial charge on any atom is 0.196 e. The molecule has 0 saturated heterocycles. The fourth-order valence-electron chi connectivity index (χ4n) is 2.49. The zero-order chi connectivity index (χ0) is 12.1. The third-order valence-corrected chi connectivity index (χ3v) is 4.56. The van der Waals surface area contributed by atoms with Crippen molar-refractivity contribution >= 4 is 28.4 Å². The van der Waals surface area contributed by atoms with Gasteiger partial charge in [-0.05, 0) is 31.6 Å². The van der Waals surface area contributed by atoms with Crippen LogP contribution in [0, 0.1) is 5.92 Å². The van der Waals surface area contributed by atoms with Crippen LogP contribution in [-0.2, 0) is 0 Å². The van der Waals surface area contributed by atoms with Crippen molar-refractivity contribution in [2.24, 2.45) is 5.92 Å². The van der Waals surface area contributed by atoms with Crippen molar-refractivity contribution in [3.8, 4) is 0 Å². The summed E-state index contributed by atoms with van der Waals surface area (Å²) in [4.78, 5) is 19.3. The Balaban J connectivity index is 1.77. The predicted molar refractivity (Wildman–Crippen MR) is 71.5 cm³/mol. The van der Waals surface area contributed by atoms with Gasteiger partial charge in [0.05, 0.1) is 0 Å². The van der Waals surface area contributed by atoms with Crippen molar-refractivity contribution in [3.05, 3.63) is 17.3 Å². The summed E-state index contributed by atoms with van der Waals surface area (Å²) < 4.78 is 1.91. The molecule has 94 valence electrons. The number of nitrogens with zero attached hydrogens (tertiary/aromatic N) is 3. The molecule has 0 spiro atoms. The zero-order valence-corrected chi connectivity index (χ0v) is 10.9. The first-order chi connectivity index (χ1) is 8.86. The Morgan fingerprint density at radius 2 is 2.28 bits per heavy atom. The Kier molecular flexibility index (Phi) is 2.24. The molecule has 2 saturated carbocycles. The number of aromatic nitrogens is 2. The number of imidazole rings is 1. The van der Waals surface area contributed by atoms with Crippen LogP contribution in [0.5, 0.6) is 0 Å². The molecule has 0 amide bonds. The standard InChI is InChI=1S/C13H15N3OS/c17-8-11-12(14-13-15(11)5-6-18-13)16(10-3-4-10)7-9-1-2-9/h5-6,8-10H,1-4,7H2. The summed E-state index contributed by atoms with van der Waals surface area (Å²) in [7, 11) is 0. The van der Waals surface area contributed by atoms with E-state index in [0.29, 0.717) is 6.04 Å². The van der Waals surface area contributed by atoms with Crippen LogP contribution in [0.1, 0.15) is 36.2 Å². The van der Waals surface area contributed by atoms with Gasteiger partial charge in [0.15, 0.2) is 17.1 Å². The van der Waals surface area contributed by atoms with Crippen LogP contribution in [0.4, 0.5) is 5.82 Å². The minimum atomic E-state index is 0.619. The smallest absolute Gasteiger partial charge is 0.196 e. The molecule has 2 aromatic rings. The lowest BCUT2D eigenvalue weighted by Crippen LogP contribution is -2.29. The van der Waals surface area contributed by atoms with Gasteiger partial charge in [-0.2, -0.15) is 0 Å². The number of aldehydes is 1. The largest absolute Gasteiger partial charge is 0.351 e. The van der Waals surface area contributed by atoms with Gasteiger partial charge in [0, 0.05) is 24.2 Å². The number of rotatable bonds is 5. The molecular weight excluding hydrogens is 246 g/mol. The monoisotopic (exact) mass is 261 g/mol. The van der Waals surface area contributed by atoms with Crippen molar-refractivity contribution < 1.29 is 4.79 Å². The van der Waals surface area contributed by atoms with Crippen molar-refractivity contribution in [1.29, 1.82) is 0 Å². The van der Waals surface area contributed by atoms with E-state index in [9.17, 15) is 4.79 Å². The lowest BCUT2D eigenvalue weighted by atomic mass is 10.3. The average Bonchev–Trinajstić information content (AvgIpc) is 3.26. The molecule has 0 aliphatic heterocycles. The normalized spacial score (nSPS) is 19.3. The van der Waals surface area contributed by atoms with Crippen molar-refractivity contribution in [3.63, 3.8) is 0 Å². The Morgan fingerprint density at radius 1 is 1.44 bits per heavy atom. The van der Waals surface area contributed by atoms with Crippen molar-refractivity contribution in [2.75, 3.05) is 11.4 Å². The van der Waals surface area contributed by atoms with Gasteiger partial charge in [-0.25, -0.2) is 4.98 Å². The van der Waals surface area contributed by atoms with Gasteiger partial charge < -0.3 is 4.90 Å². The van der Waals surface area contributed by atoms with Crippen LogP contribution in [0.15, 0.2) is 11.6 Å². The highest BCUT2D eigenvalue weighted by Crippen LogP contribution is 2.38. The van der Waals surface area contributed by atoms with Crippen molar-refractivity contribution in [2.45, 2.75) is 31.7 Å². The van der Waals surface area contributed by atoms with Gasteiger partial charge in [0.25, 0.3) is 0 Å². The molecule has 2 aliphatic rings. The zero-order valence-electron chi connectivity index (χ0n) is 10.1. The van der Waals surface area contributed by atoms with E-state index in [1.165, 1.54) is 25.7 Å². The number of carbonyl (C=O) groups excluding carboxylic acids is 1. The van der Waals surface area contributed by atoms with E-state index in [4.69, 9.17) is 0 Å². The summed E-state index contributed by atoms with van der Waals surface area (Å²) in [5.41, 5.74) is 0.721. The number of carbonyl (C=O) groups is 1. The molecule has 0 radical (unpaired) electrons. The first kappa shape index (κ1) is 10.6. The third kappa shape index (κ3) is 1.65. The van der Waals surface area contributed by atoms with E-state index in [-0.39, 0.29) is 0 Å². The van der Waals surface area contributed by atoms with E-state index in [0.717, 1.165) is 35.2 Å². The van der Waals surface area contributed by atoms with Crippen LogP contribution in [0.25, 0.3) is 4.96 Å². The molecular formula is C13H15N3OS. The highest BCUT2D eigenvalue weighted by Gasteiger charge is 2.36. The highest BCUT2D eigenvalue weighted by molar-refractivity contribution is 7.15. The summed E-state index contributed by atoms with van der Waals surface area (Å²) in [6.45, 7) is 1.08. The molecule has 0 N–H and O–H groups in total. The molecule has 4 rings (SSSR count). The van der Waals surface area contributed by atoms with E-state index in [1.54, 1.807) is 11.3 Å². The number of fused-ring (bicyclic) bond motifs is 1. The first-order valence-electron chi connectivity index (χ1n) is 6.54. The second-order valence-corrected chi connectivity index (χ2v) is 6.19. The molecule has 2 aliphatic carbocycles. The summed E-state index contributed by atoms with van der Waals surface area (Å²) in [5.74, 6) is 1.73. The number of thiazole rings is 1. The topological polar surface area (TPSA) is 37.6 Å². The average molecular weight is 261 g/mol. The minimum Gasteiger partial charge on any atom is -0.351 e. The molecule has 2 heterocycles. The molecule has 4 nitrogen and oxygen atoms in total. The minimum absolute atomic E-state index is 0.619. The quantitative estimate of drug-likeness (QED) is 0.776. The van der Waals surface area contributed by atoms with Gasteiger partial charge in [-0.15, -0.1) is 11.3 Å². The van der Waals surface area contributed by atoms with E-state index in [2.05, 4.69) is 9.88 Å². The van der Waals surface area contributed by atoms with Crippen LogP contribution in [-0.4, -0.2) is 28.3 Å². The second-order valence-electron chi connectivity index (χ2n) is 5.32. The predicted octanol–water partition coefficient (Wildman–Crippen LogP) is 2.59. The second kappa shape index (κ2) is 3.82. The number of hydrogen-bond donors (Lipinski definition) is 0. The molecule has 2 fully saturated rings. The Labute approximate surface area is 109 Å². The lowest BCUT2D eigenvalue weighted by molar-refractivity contribution is 0.111. The fraction of sp³-hybridized carbons (Fsp3) is 0.538. The Morgan fingerprint density at radius 3 is 2.94 bits per heavy atom. The molecule has 2 aromatic heterocycles. The van der Waals surface area contributed by atoms with Crippen molar-refractivity contribution in [1.82, 2.24) is 9.38 Å². The molecule has 5 heteroatoms. The summed E-state index contributed by atoms with van der Waals surface area (Å²) in [5, 5.41) is 1.97. The number of hydrogen-bond acceptors (Lipinski definition) is 4. The fourth-order valence-corrected chi connectivity index (χ4v) is 3.20. The van der Waals surface area contributed by atoms with Gasteiger partial charge in [0.1, 0.15) is 5.69 Å².